The third-order valence-corrected chi connectivity index (χ3v) is 9.88. The Labute approximate surface area is 153 Å². The summed E-state index contributed by atoms with van der Waals surface area (Å²) in [5.41, 5.74) is 0.961. The van der Waals surface area contributed by atoms with E-state index in [4.69, 9.17) is 0 Å². The lowest BCUT2D eigenvalue weighted by molar-refractivity contribution is -0.119. The summed E-state index contributed by atoms with van der Waals surface area (Å²) in [5.74, 6) is 4.55. The van der Waals surface area contributed by atoms with Gasteiger partial charge in [0.25, 0.3) is 0 Å². The topological polar surface area (TPSA) is 0 Å². The molecule has 0 bridgehead atoms. The zero-order valence-corrected chi connectivity index (χ0v) is 16.4. The molecule has 8 unspecified atom stereocenters. The van der Waals surface area contributed by atoms with Crippen LogP contribution in [0, 0.1) is 46.3 Å². The molecule has 8 atom stereocenters. The summed E-state index contributed by atoms with van der Waals surface area (Å²) in [7, 11) is 0. The van der Waals surface area contributed by atoms with Gasteiger partial charge in [0.1, 0.15) is 0 Å². The number of fused-ring (bicyclic) bond motifs is 5. The molecule has 144 valence electrons. The van der Waals surface area contributed by atoms with Gasteiger partial charge in [-0.25, -0.2) is 0 Å². The maximum absolute atomic E-state index is 13.2. The minimum absolute atomic E-state index is 0.0996. The average Bonchev–Trinajstić information content (AvgIpc) is 2.95. The van der Waals surface area contributed by atoms with Crippen molar-refractivity contribution in [2.24, 2.45) is 46.3 Å². The van der Waals surface area contributed by atoms with Gasteiger partial charge in [0.05, 0.1) is 13.3 Å². The SMILES string of the molecule is CC12CCC3C(CCC4CC(CF)CCC43C)C1CCC2CCCF. The lowest BCUT2D eigenvalue weighted by Crippen LogP contribution is -2.53. The fourth-order valence-electron chi connectivity index (χ4n) is 8.39. The van der Waals surface area contributed by atoms with Gasteiger partial charge < -0.3 is 0 Å². The van der Waals surface area contributed by atoms with E-state index >= 15 is 0 Å². The van der Waals surface area contributed by atoms with Crippen LogP contribution in [0.3, 0.4) is 0 Å². The van der Waals surface area contributed by atoms with Crippen LogP contribution in [0.25, 0.3) is 0 Å². The minimum Gasteiger partial charge on any atom is -0.251 e. The van der Waals surface area contributed by atoms with Crippen molar-refractivity contribution in [1.82, 2.24) is 0 Å². The molecule has 0 aromatic rings. The summed E-state index contributed by atoms with van der Waals surface area (Å²) in [6, 6.07) is 0. The number of alkyl halides is 2. The molecule has 0 nitrogen and oxygen atoms in total. The van der Waals surface area contributed by atoms with E-state index in [1.54, 1.807) is 0 Å². The monoisotopic (exact) mass is 352 g/mol. The molecule has 4 saturated carbocycles. The molecule has 0 radical (unpaired) electrons. The summed E-state index contributed by atoms with van der Waals surface area (Å²) in [4.78, 5) is 0. The molecule has 4 fully saturated rings. The maximum Gasteiger partial charge on any atom is 0.0922 e. The van der Waals surface area contributed by atoms with Gasteiger partial charge in [-0.05, 0) is 117 Å². The Hall–Kier alpha value is -0.140. The highest BCUT2D eigenvalue weighted by molar-refractivity contribution is 5.09. The van der Waals surface area contributed by atoms with E-state index in [0.29, 0.717) is 16.7 Å². The Morgan fingerprint density at radius 2 is 1.60 bits per heavy atom. The summed E-state index contributed by atoms with van der Waals surface area (Å²) in [6.45, 7) is 4.88. The lowest BCUT2D eigenvalue weighted by Gasteiger charge is -2.61. The van der Waals surface area contributed by atoms with Crippen molar-refractivity contribution < 1.29 is 8.78 Å². The first kappa shape index (κ1) is 18.2. The van der Waals surface area contributed by atoms with Crippen molar-refractivity contribution in [2.75, 3.05) is 13.3 Å². The largest absolute Gasteiger partial charge is 0.251 e. The quantitative estimate of drug-likeness (QED) is 0.512. The second kappa shape index (κ2) is 6.79. The molecule has 0 spiro atoms. The van der Waals surface area contributed by atoms with E-state index in [0.717, 1.165) is 55.3 Å². The molecule has 0 aliphatic heterocycles. The average molecular weight is 353 g/mol. The predicted molar refractivity (Wildman–Crippen MR) is 99.9 cm³/mol. The predicted octanol–water partition coefficient (Wildman–Crippen LogP) is 6.98. The third kappa shape index (κ3) is 2.80. The Morgan fingerprint density at radius 1 is 0.840 bits per heavy atom. The van der Waals surface area contributed by atoms with Crippen molar-refractivity contribution in [2.45, 2.75) is 84.5 Å². The molecule has 4 rings (SSSR count). The molecule has 0 amide bonds. The van der Waals surface area contributed by atoms with E-state index in [9.17, 15) is 8.78 Å². The molecule has 4 aliphatic carbocycles. The molecule has 0 saturated heterocycles. The van der Waals surface area contributed by atoms with Crippen LogP contribution < -0.4 is 0 Å². The summed E-state index contributed by atoms with van der Waals surface area (Å²) >= 11 is 0. The van der Waals surface area contributed by atoms with Crippen LogP contribution in [0.15, 0.2) is 0 Å². The zero-order valence-electron chi connectivity index (χ0n) is 16.4. The lowest BCUT2D eigenvalue weighted by atomic mass is 9.44. The Bertz CT molecular complexity index is 477. The van der Waals surface area contributed by atoms with Crippen LogP contribution in [-0.4, -0.2) is 13.3 Å². The fourth-order valence-corrected chi connectivity index (χ4v) is 8.39. The summed E-state index contributed by atoms with van der Waals surface area (Å²) in [5, 5.41) is 0. The normalized spacial score (nSPS) is 52.3. The van der Waals surface area contributed by atoms with Crippen molar-refractivity contribution >= 4 is 0 Å². The molecular formula is C23H38F2. The van der Waals surface area contributed by atoms with E-state index in [-0.39, 0.29) is 13.3 Å². The third-order valence-electron chi connectivity index (χ3n) is 9.88. The van der Waals surface area contributed by atoms with Crippen LogP contribution in [0.4, 0.5) is 8.78 Å². The molecule has 0 aromatic carbocycles. The van der Waals surface area contributed by atoms with Crippen molar-refractivity contribution in [3.8, 4) is 0 Å². The Balaban J connectivity index is 1.52. The van der Waals surface area contributed by atoms with Gasteiger partial charge in [0, 0.05) is 0 Å². The second-order valence-corrected chi connectivity index (χ2v) is 10.6. The highest BCUT2D eigenvalue weighted by Gasteiger charge is 2.59. The van der Waals surface area contributed by atoms with Gasteiger partial charge in [-0.3, -0.25) is 8.78 Å². The first-order chi connectivity index (χ1) is 12.0. The molecule has 0 heterocycles. The Kier molecular flexibility index (Phi) is 4.95. The van der Waals surface area contributed by atoms with Gasteiger partial charge in [-0.15, -0.1) is 0 Å². The standard InChI is InChI=1S/C23H38F2/c1-22-12-10-21-19(20(22)8-6-17(22)4-3-13-24)7-5-18-14-16(15-25)9-11-23(18,21)2/h16-21H,3-15H2,1-2H3. The Morgan fingerprint density at radius 3 is 2.36 bits per heavy atom. The number of halogens is 2. The summed E-state index contributed by atoms with van der Waals surface area (Å²) < 4.78 is 26.0. The summed E-state index contributed by atoms with van der Waals surface area (Å²) in [6.07, 6.45) is 13.6. The molecule has 2 heteroatoms. The molecule has 4 aliphatic rings. The van der Waals surface area contributed by atoms with E-state index in [1.165, 1.54) is 44.9 Å². The highest BCUT2D eigenvalue weighted by atomic mass is 19.1. The zero-order chi connectivity index (χ0) is 17.7. The maximum atomic E-state index is 13.2. The van der Waals surface area contributed by atoms with Gasteiger partial charge >= 0.3 is 0 Å². The van der Waals surface area contributed by atoms with Crippen molar-refractivity contribution in [1.29, 1.82) is 0 Å². The van der Waals surface area contributed by atoms with Gasteiger partial charge in [-0.2, -0.15) is 0 Å². The molecule has 25 heavy (non-hydrogen) atoms. The number of rotatable bonds is 4. The van der Waals surface area contributed by atoms with Crippen LogP contribution in [0.1, 0.15) is 84.5 Å². The molecule has 0 aromatic heterocycles. The fraction of sp³-hybridized carbons (Fsp3) is 1.00. The van der Waals surface area contributed by atoms with Gasteiger partial charge in [0.15, 0.2) is 0 Å². The van der Waals surface area contributed by atoms with Crippen LogP contribution in [-0.2, 0) is 0 Å². The van der Waals surface area contributed by atoms with Crippen molar-refractivity contribution in [3.63, 3.8) is 0 Å². The van der Waals surface area contributed by atoms with Gasteiger partial charge in [-0.1, -0.05) is 13.8 Å². The van der Waals surface area contributed by atoms with Crippen LogP contribution in [0.2, 0.25) is 0 Å². The van der Waals surface area contributed by atoms with E-state index in [1.807, 2.05) is 0 Å². The number of hydrogen-bond acceptors (Lipinski definition) is 0. The van der Waals surface area contributed by atoms with Crippen LogP contribution >= 0.6 is 0 Å². The van der Waals surface area contributed by atoms with Gasteiger partial charge in [0.2, 0.25) is 0 Å². The number of hydrogen-bond donors (Lipinski definition) is 0. The molecular weight excluding hydrogens is 314 g/mol. The minimum atomic E-state index is -0.140. The smallest absolute Gasteiger partial charge is 0.0922 e. The first-order valence-electron chi connectivity index (χ1n) is 11.1. The van der Waals surface area contributed by atoms with Crippen LogP contribution in [0.5, 0.6) is 0 Å². The second-order valence-electron chi connectivity index (χ2n) is 10.6. The first-order valence-corrected chi connectivity index (χ1v) is 11.1. The molecule has 0 N–H and O–H groups in total. The van der Waals surface area contributed by atoms with E-state index < -0.39 is 0 Å². The van der Waals surface area contributed by atoms with Crippen molar-refractivity contribution in [3.05, 3.63) is 0 Å². The van der Waals surface area contributed by atoms with E-state index in [2.05, 4.69) is 13.8 Å². The highest BCUT2D eigenvalue weighted by Crippen LogP contribution is 2.68.